The van der Waals surface area contributed by atoms with Crippen molar-refractivity contribution in [2.24, 2.45) is 5.73 Å². The van der Waals surface area contributed by atoms with Crippen LogP contribution in [0.3, 0.4) is 0 Å². The maximum Gasteiger partial charge on any atom is 0.271 e. The Morgan fingerprint density at radius 3 is 3.00 bits per heavy atom. The van der Waals surface area contributed by atoms with Gasteiger partial charge in [0.2, 0.25) is 0 Å². The van der Waals surface area contributed by atoms with Gasteiger partial charge in [0.1, 0.15) is 5.82 Å². The second-order valence-corrected chi connectivity index (χ2v) is 5.02. The van der Waals surface area contributed by atoms with Crippen molar-refractivity contribution in [2.75, 3.05) is 23.7 Å². The Labute approximate surface area is 127 Å². The van der Waals surface area contributed by atoms with Crippen LogP contribution in [0.4, 0.5) is 17.3 Å². The molecule has 8 nitrogen and oxygen atoms in total. The molecule has 5 N–H and O–H groups in total. The van der Waals surface area contributed by atoms with Gasteiger partial charge in [-0.3, -0.25) is 9.78 Å². The van der Waals surface area contributed by atoms with Gasteiger partial charge in [0.25, 0.3) is 5.91 Å². The highest BCUT2D eigenvalue weighted by molar-refractivity contribution is 5.96. The Hall–Kier alpha value is -2.74. The van der Waals surface area contributed by atoms with Crippen molar-refractivity contribution in [3.8, 4) is 0 Å². The van der Waals surface area contributed by atoms with Crippen molar-refractivity contribution in [3.63, 3.8) is 0 Å². The zero-order chi connectivity index (χ0) is 15.4. The number of carbonyl (C=O) groups excluding carboxylic acids is 1. The van der Waals surface area contributed by atoms with Crippen LogP contribution in [0.1, 0.15) is 16.9 Å². The van der Waals surface area contributed by atoms with Crippen molar-refractivity contribution in [3.05, 3.63) is 36.4 Å². The van der Waals surface area contributed by atoms with E-state index < -0.39 is 5.91 Å². The molecule has 3 heterocycles. The first-order valence-electron chi connectivity index (χ1n) is 7.03. The Balaban J connectivity index is 1.85. The molecule has 8 heteroatoms. The molecule has 1 atom stereocenters. The molecule has 0 bridgehead atoms. The number of hydrogen-bond acceptors (Lipinski definition) is 7. The summed E-state index contributed by atoms with van der Waals surface area (Å²) >= 11 is 0. The Morgan fingerprint density at radius 2 is 2.32 bits per heavy atom. The molecule has 22 heavy (non-hydrogen) atoms. The van der Waals surface area contributed by atoms with E-state index in [1.165, 1.54) is 6.20 Å². The fourth-order valence-electron chi connectivity index (χ4n) is 2.29. The van der Waals surface area contributed by atoms with Gasteiger partial charge in [0.15, 0.2) is 11.5 Å². The molecule has 1 fully saturated rings. The van der Waals surface area contributed by atoms with Gasteiger partial charge in [-0.15, -0.1) is 0 Å². The lowest BCUT2D eigenvalue weighted by Crippen LogP contribution is -2.24. The van der Waals surface area contributed by atoms with Gasteiger partial charge in [0.05, 0.1) is 18.1 Å². The molecule has 114 valence electrons. The second-order valence-electron chi connectivity index (χ2n) is 5.02. The van der Waals surface area contributed by atoms with Crippen molar-refractivity contribution in [2.45, 2.75) is 12.5 Å². The molecule has 0 aliphatic carbocycles. The number of anilines is 3. The summed E-state index contributed by atoms with van der Waals surface area (Å²) in [6.07, 6.45) is 5.84. The predicted octanol–water partition coefficient (Wildman–Crippen LogP) is 0.488. The summed E-state index contributed by atoms with van der Waals surface area (Å²) < 4.78 is 0. The zero-order valence-electron chi connectivity index (χ0n) is 11.9. The minimum absolute atomic E-state index is 0.0962. The van der Waals surface area contributed by atoms with E-state index in [2.05, 4.69) is 30.9 Å². The van der Waals surface area contributed by atoms with Crippen molar-refractivity contribution in [1.29, 1.82) is 0 Å². The number of carbonyl (C=O) groups is 1. The van der Waals surface area contributed by atoms with Crippen LogP contribution in [0, 0.1) is 0 Å². The number of pyridine rings is 1. The van der Waals surface area contributed by atoms with Gasteiger partial charge in [-0.2, -0.15) is 0 Å². The van der Waals surface area contributed by atoms with Crippen molar-refractivity contribution >= 4 is 23.2 Å². The molecule has 1 aliphatic heterocycles. The normalized spacial score (nSPS) is 17.2. The maximum absolute atomic E-state index is 11.5. The van der Waals surface area contributed by atoms with E-state index in [1.807, 2.05) is 6.07 Å². The van der Waals surface area contributed by atoms with E-state index in [4.69, 9.17) is 5.73 Å². The molecule has 2 aromatic heterocycles. The Bertz CT molecular complexity index is 655. The highest BCUT2D eigenvalue weighted by atomic mass is 16.1. The van der Waals surface area contributed by atoms with Crippen LogP contribution >= 0.6 is 0 Å². The Morgan fingerprint density at radius 1 is 1.41 bits per heavy atom. The number of nitrogens with two attached hydrogens (primary N) is 1. The number of rotatable bonds is 5. The molecule has 0 saturated carbocycles. The third-order valence-electron chi connectivity index (χ3n) is 3.34. The fraction of sp³-hybridized carbons (Fsp3) is 0.286. The van der Waals surface area contributed by atoms with Crippen molar-refractivity contribution in [1.82, 2.24) is 20.3 Å². The quantitative estimate of drug-likeness (QED) is 0.634. The van der Waals surface area contributed by atoms with E-state index in [9.17, 15) is 4.79 Å². The van der Waals surface area contributed by atoms with Crippen LogP contribution in [0.5, 0.6) is 0 Å². The van der Waals surface area contributed by atoms with Crippen LogP contribution in [-0.4, -0.2) is 40.0 Å². The van der Waals surface area contributed by atoms with E-state index in [0.717, 1.165) is 19.5 Å². The van der Waals surface area contributed by atoms with E-state index in [-0.39, 0.29) is 5.69 Å². The smallest absolute Gasteiger partial charge is 0.271 e. The minimum atomic E-state index is -0.632. The molecular weight excluding hydrogens is 282 g/mol. The first-order chi connectivity index (χ1) is 10.7. The molecular formula is C14H17N7O. The lowest BCUT2D eigenvalue weighted by Gasteiger charge is -2.14. The van der Waals surface area contributed by atoms with Gasteiger partial charge in [-0.1, -0.05) is 0 Å². The largest absolute Gasteiger partial charge is 0.365 e. The number of nitrogens with zero attached hydrogens (tertiary/aromatic N) is 3. The Kier molecular flexibility index (Phi) is 4.10. The molecule has 1 aliphatic rings. The van der Waals surface area contributed by atoms with E-state index in [1.54, 1.807) is 18.5 Å². The molecule has 0 spiro atoms. The topological polar surface area (TPSA) is 118 Å². The van der Waals surface area contributed by atoms with Gasteiger partial charge >= 0.3 is 0 Å². The lowest BCUT2D eigenvalue weighted by atomic mass is 10.2. The number of hydrogen-bond donors (Lipinski definition) is 4. The standard InChI is InChI=1S/C14H17N7O/c15-13(22)12-14(20-9-2-1-4-16-6-9)21-11(8-18-12)19-10-3-5-17-7-10/h1-2,4,6,8,10,17H,3,5,7H2,(H2,15,22)(H2,19,20,21)/t10-/m1/s1. The summed E-state index contributed by atoms with van der Waals surface area (Å²) in [6.45, 7) is 1.86. The van der Waals surface area contributed by atoms with Crippen LogP contribution in [-0.2, 0) is 0 Å². The molecule has 1 saturated heterocycles. The van der Waals surface area contributed by atoms with Crippen LogP contribution in [0.2, 0.25) is 0 Å². The fourth-order valence-corrected chi connectivity index (χ4v) is 2.29. The third-order valence-corrected chi connectivity index (χ3v) is 3.34. The summed E-state index contributed by atoms with van der Waals surface area (Å²) in [5.74, 6) is 0.287. The average Bonchev–Trinajstić information content (AvgIpc) is 3.01. The molecule has 1 amide bonds. The molecule has 2 aromatic rings. The lowest BCUT2D eigenvalue weighted by molar-refractivity contribution is 0.0996. The average molecular weight is 299 g/mol. The van der Waals surface area contributed by atoms with Gasteiger partial charge in [0, 0.05) is 18.8 Å². The molecule has 0 unspecified atom stereocenters. The number of aromatic nitrogens is 3. The summed E-state index contributed by atoms with van der Waals surface area (Å²) in [4.78, 5) is 24.0. The van der Waals surface area contributed by atoms with Gasteiger partial charge in [-0.25, -0.2) is 9.97 Å². The summed E-state index contributed by atoms with van der Waals surface area (Å²) in [5, 5.41) is 9.58. The van der Waals surface area contributed by atoms with Gasteiger partial charge in [-0.05, 0) is 25.1 Å². The van der Waals surface area contributed by atoms with Crippen molar-refractivity contribution < 1.29 is 4.79 Å². The summed E-state index contributed by atoms with van der Waals surface area (Å²) in [5.41, 5.74) is 6.16. The monoisotopic (exact) mass is 299 g/mol. The maximum atomic E-state index is 11.5. The molecule has 0 aromatic carbocycles. The second kappa shape index (κ2) is 6.35. The molecule has 3 rings (SSSR count). The highest BCUT2D eigenvalue weighted by Gasteiger charge is 2.17. The minimum Gasteiger partial charge on any atom is -0.365 e. The summed E-state index contributed by atoms with van der Waals surface area (Å²) in [7, 11) is 0. The zero-order valence-corrected chi connectivity index (χ0v) is 11.9. The van der Waals surface area contributed by atoms with Crippen LogP contribution in [0.25, 0.3) is 0 Å². The van der Waals surface area contributed by atoms with Crippen LogP contribution < -0.4 is 21.7 Å². The number of amides is 1. The SMILES string of the molecule is NC(=O)c1ncc(N[C@@H]2CCNC2)nc1Nc1cccnc1. The highest BCUT2D eigenvalue weighted by Crippen LogP contribution is 2.19. The number of primary amides is 1. The summed E-state index contributed by atoms with van der Waals surface area (Å²) in [6, 6.07) is 3.91. The van der Waals surface area contributed by atoms with E-state index >= 15 is 0 Å². The number of nitrogens with one attached hydrogen (secondary N) is 3. The first-order valence-corrected chi connectivity index (χ1v) is 7.03. The third kappa shape index (κ3) is 3.29. The predicted molar refractivity (Wildman–Crippen MR) is 83.0 cm³/mol. The first kappa shape index (κ1) is 14.2. The molecule has 0 radical (unpaired) electrons. The van der Waals surface area contributed by atoms with Crippen LogP contribution in [0.15, 0.2) is 30.7 Å². The van der Waals surface area contributed by atoms with Gasteiger partial charge < -0.3 is 21.7 Å². The van der Waals surface area contributed by atoms with E-state index in [0.29, 0.717) is 23.4 Å².